The molecule has 4 N–H and O–H groups in total. The largest absolute Gasteiger partial charge is 0.386 e. The van der Waals surface area contributed by atoms with Crippen LogP contribution in [0.2, 0.25) is 0 Å². The smallest absolute Gasteiger partial charge is 0.255 e. The molecular formula is C13H16N4O2. The second-order valence-corrected chi connectivity index (χ2v) is 4.78. The van der Waals surface area contributed by atoms with E-state index in [1.807, 2.05) is 0 Å². The Morgan fingerprint density at radius 3 is 2.79 bits per heavy atom. The number of nitrogens with two attached hydrogens (primary N) is 2. The van der Waals surface area contributed by atoms with Gasteiger partial charge in [-0.25, -0.2) is 4.99 Å². The van der Waals surface area contributed by atoms with Crippen LogP contribution >= 0.6 is 0 Å². The van der Waals surface area contributed by atoms with Gasteiger partial charge in [0, 0.05) is 12.6 Å². The molecule has 0 radical (unpaired) electrons. The highest BCUT2D eigenvalue weighted by Crippen LogP contribution is 2.30. The highest BCUT2D eigenvalue weighted by Gasteiger charge is 2.40. The van der Waals surface area contributed by atoms with E-state index < -0.39 is 11.4 Å². The van der Waals surface area contributed by atoms with Gasteiger partial charge in [0.2, 0.25) is 5.91 Å². The Morgan fingerprint density at radius 2 is 2.16 bits per heavy atom. The summed E-state index contributed by atoms with van der Waals surface area (Å²) in [7, 11) is 1.67. The van der Waals surface area contributed by atoms with Crippen molar-refractivity contribution >= 4 is 17.6 Å². The van der Waals surface area contributed by atoms with Gasteiger partial charge in [0.25, 0.3) is 5.91 Å². The van der Waals surface area contributed by atoms with E-state index in [0.717, 1.165) is 0 Å². The van der Waals surface area contributed by atoms with Crippen LogP contribution in [-0.4, -0.2) is 36.1 Å². The summed E-state index contributed by atoms with van der Waals surface area (Å²) in [6, 6.07) is 6.59. The molecule has 0 saturated carbocycles. The zero-order chi connectivity index (χ0) is 14.2. The lowest BCUT2D eigenvalue weighted by Crippen LogP contribution is -2.51. The van der Waals surface area contributed by atoms with Gasteiger partial charge in [0.15, 0.2) is 5.54 Å². The monoisotopic (exact) mass is 260 g/mol. The number of primary amides is 1. The van der Waals surface area contributed by atoms with Crippen molar-refractivity contribution in [2.75, 3.05) is 13.6 Å². The van der Waals surface area contributed by atoms with Crippen LogP contribution in [0.25, 0.3) is 0 Å². The molecule has 1 heterocycles. The van der Waals surface area contributed by atoms with E-state index in [2.05, 4.69) is 4.99 Å². The minimum atomic E-state index is -1.11. The minimum absolute atomic E-state index is 0.164. The van der Waals surface area contributed by atoms with Crippen LogP contribution in [0.3, 0.4) is 0 Å². The standard InChI is InChI=1S/C13H16N4O2/c1-13(12(19)17(2)7-10(14)16-13)9-5-3-4-8(6-9)11(15)18/h3-6H,7H2,1-2H3,(H2,14,16)(H2,15,18). The van der Waals surface area contributed by atoms with Crippen LogP contribution in [0, 0.1) is 0 Å². The number of amides is 2. The van der Waals surface area contributed by atoms with Crippen molar-refractivity contribution in [2.24, 2.45) is 16.5 Å². The average molecular weight is 260 g/mol. The molecule has 0 aromatic heterocycles. The Morgan fingerprint density at radius 1 is 1.47 bits per heavy atom. The number of amidine groups is 1. The lowest BCUT2D eigenvalue weighted by molar-refractivity contribution is -0.135. The predicted molar refractivity (Wildman–Crippen MR) is 71.6 cm³/mol. The maximum absolute atomic E-state index is 12.3. The molecule has 2 rings (SSSR count). The summed E-state index contributed by atoms with van der Waals surface area (Å²) < 4.78 is 0. The van der Waals surface area contributed by atoms with Crippen LogP contribution in [0.5, 0.6) is 0 Å². The Hall–Kier alpha value is -2.37. The number of benzene rings is 1. The molecule has 0 saturated heterocycles. The lowest BCUT2D eigenvalue weighted by atomic mass is 9.88. The van der Waals surface area contributed by atoms with Crippen molar-refractivity contribution in [3.8, 4) is 0 Å². The molecular weight excluding hydrogens is 244 g/mol. The second-order valence-electron chi connectivity index (χ2n) is 4.78. The molecule has 0 bridgehead atoms. The van der Waals surface area contributed by atoms with E-state index in [0.29, 0.717) is 23.5 Å². The van der Waals surface area contributed by atoms with E-state index >= 15 is 0 Å². The number of carbonyl (C=O) groups is 2. The summed E-state index contributed by atoms with van der Waals surface area (Å²) >= 11 is 0. The van der Waals surface area contributed by atoms with Crippen LogP contribution in [0.1, 0.15) is 22.8 Å². The Labute approximate surface area is 111 Å². The van der Waals surface area contributed by atoms with Crippen molar-refractivity contribution < 1.29 is 9.59 Å². The Kier molecular flexibility index (Phi) is 3.01. The first-order valence-electron chi connectivity index (χ1n) is 5.84. The van der Waals surface area contributed by atoms with Crippen molar-refractivity contribution in [1.82, 2.24) is 4.90 Å². The third kappa shape index (κ3) is 2.16. The summed E-state index contributed by atoms with van der Waals surface area (Å²) in [5, 5.41) is 0. The molecule has 2 amide bonds. The topological polar surface area (TPSA) is 102 Å². The van der Waals surface area contributed by atoms with Gasteiger partial charge < -0.3 is 16.4 Å². The maximum atomic E-state index is 12.3. The van der Waals surface area contributed by atoms with Gasteiger partial charge >= 0.3 is 0 Å². The zero-order valence-electron chi connectivity index (χ0n) is 10.9. The van der Waals surface area contributed by atoms with Gasteiger partial charge in [0.05, 0.1) is 6.54 Å². The molecule has 0 spiro atoms. The van der Waals surface area contributed by atoms with E-state index in [9.17, 15) is 9.59 Å². The molecule has 19 heavy (non-hydrogen) atoms. The summed E-state index contributed by atoms with van der Waals surface area (Å²) in [5.74, 6) is -0.323. The molecule has 6 heteroatoms. The molecule has 0 fully saturated rings. The molecule has 0 aliphatic carbocycles. The van der Waals surface area contributed by atoms with Crippen LogP contribution in [0.15, 0.2) is 29.3 Å². The Bertz CT molecular complexity index is 582. The van der Waals surface area contributed by atoms with Crippen molar-refractivity contribution in [3.63, 3.8) is 0 Å². The first-order valence-corrected chi connectivity index (χ1v) is 5.84. The normalized spacial score (nSPS) is 23.2. The molecule has 1 atom stereocenters. The van der Waals surface area contributed by atoms with Crippen LogP contribution < -0.4 is 11.5 Å². The van der Waals surface area contributed by atoms with Crippen LogP contribution in [-0.2, 0) is 10.3 Å². The fraction of sp³-hybridized carbons (Fsp3) is 0.308. The third-order valence-corrected chi connectivity index (χ3v) is 3.24. The highest BCUT2D eigenvalue weighted by atomic mass is 16.2. The summed E-state index contributed by atoms with van der Waals surface area (Å²) in [6.45, 7) is 1.99. The first kappa shape index (κ1) is 13.1. The third-order valence-electron chi connectivity index (χ3n) is 3.24. The number of nitrogens with zero attached hydrogens (tertiary/aromatic N) is 2. The molecule has 1 aromatic carbocycles. The zero-order valence-corrected chi connectivity index (χ0v) is 10.9. The second kappa shape index (κ2) is 4.38. The number of carbonyl (C=O) groups excluding carboxylic acids is 2. The van der Waals surface area contributed by atoms with Gasteiger partial charge in [-0.1, -0.05) is 12.1 Å². The van der Waals surface area contributed by atoms with Crippen molar-refractivity contribution in [2.45, 2.75) is 12.5 Å². The summed E-state index contributed by atoms with van der Waals surface area (Å²) in [4.78, 5) is 29.3. The van der Waals surface area contributed by atoms with Gasteiger partial charge in [-0.05, 0) is 24.6 Å². The SMILES string of the molecule is CN1CC(N)=NC(C)(c2cccc(C(N)=O)c2)C1=O. The molecule has 1 aromatic rings. The van der Waals surface area contributed by atoms with E-state index in [4.69, 9.17) is 11.5 Å². The molecule has 1 unspecified atom stereocenters. The van der Waals surface area contributed by atoms with Crippen LogP contribution in [0.4, 0.5) is 0 Å². The van der Waals surface area contributed by atoms with E-state index in [-0.39, 0.29) is 5.91 Å². The average Bonchev–Trinajstić information content (AvgIpc) is 2.36. The molecule has 6 nitrogen and oxygen atoms in total. The van der Waals surface area contributed by atoms with E-state index in [1.165, 1.54) is 4.90 Å². The number of rotatable bonds is 2. The van der Waals surface area contributed by atoms with Gasteiger partial charge in [0.1, 0.15) is 5.84 Å². The molecule has 1 aliphatic rings. The van der Waals surface area contributed by atoms with Crippen molar-refractivity contribution in [1.29, 1.82) is 0 Å². The minimum Gasteiger partial charge on any atom is -0.386 e. The highest BCUT2D eigenvalue weighted by molar-refractivity contribution is 5.99. The van der Waals surface area contributed by atoms with Gasteiger partial charge in [-0.2, -0.15) is 0 Å². The molecule has 100 valence electrons. The fourth-order valence-corrected chi connectivity index (χ4v) is 2.22. The van der Waals surface area contributed by atoms with E-state index in [1.54, 1.807) is 38.2 Å². The maximum Gasteiger partial charge on any atom is 0.255 e. The number of hydrogen-bond acceptors (Lipinski definition) is 4. The quantitative estimate of drug-likeness (QED) is 0.771. The first-order chi connectivity index (χ1) is 8.84. The van der Waals surface area contributed by atoms with Crippen molar-refractivity contribution in [3.05, 3.63) is 35.4 Å². The fourth-order valence-electron chi connectivity index (χ4n) is 2.22. The number of likely N-dealkylation sites (N-methyl/N-ethyl adjacent to an activating group) is 1. The molecule has 1 aliphatic heterocycles. The van der Waals surface area contributed by atoms with Gasteiger partial charge in [-0.3, -0.25) is 9.59 Å². The summed E-state index contributed by atoms with van der Waals surface area (Å²) in [6.07, 6.45) is 0. The predicted octanol–water partition coefficient (Wildman–Crippen LogP) is -0.170. The Balaban J connectivity index is 2.55. The lowest BCUT2D eigenvalue weighted by Gasteiger charge is -2.34. The summed E-state index contributed by atoms with van der Waals surface area (Å²) in [5.41, 5.74) is 10.8. The number of aliphatic imine (C=N–C) groups is 1. The number of hydrogen-bond donors (Lipinski definition) is 2. The van der Waals surface area contributed by atoms with Gasteiger partial charge in [-0.15, -0.1) is 0 Å².